The van der Waals surface area contributed by atoms with Gasteiger partial charge in [-0.05, 0) is 12.1 Å². The number of hydrogen-bond donors (Lipinski definition) is 3. The van der Waals surface area contributed by atoms with Crippen molar-refractivity contribution in [3.63, 3.8) is 0 Å². The van der Waals surface area contributed by atoms with Crippen molar-refractivity contribution in [3.05, 3.63) is 28.0 Å². The minimum absolute atomic E-state index is 0.0520. The lowest BCUT2D eigenvalue weighted by Crippen LogP contribution is -2.42. The van der Waals surface area contributed by atoms with Crippen molar-refractivity contribution in [1.82, 2.24) is 10.6 Å². The summed E-state index contributed by atoms with van der Waals surface area (Å²) >= 11 is 3.32. The zero-order valence-corrected chi connectivity index (χ0v) is 9.64. The van der Waals surface area contributed by atoms with Crippen LogP contribution in [0.2, 0.25) is 0 Å². The Morgan fingerprint density at radius 1 is 1.40 bits per heavy atom. The molecule has 0 aromatic heterocycles. The van der Waals surface area contributed by atoms with Crippen molar-refractivity contribution in [3.8, 4) is 5.75 Å². The van der Waals surface area contributed by atoms with Gasteiger partial charge >= 0.3 is 0 Å². The molecule has 0 saturated carbocycles. The molecule has 1 saturated heterocycles. The molecule has 0 radical (unpaired) electrons. The zero-order valence-electron chi connectivity index (χ0n) is 8.06. The first-order valence-corrected chi connectivity index (χ1v) is 5.60. The van der Waals surface area contributed by atoms with Gasteiger partial charge in [-0.25, -0.2) is 4.39 Å². The Balaban J connectivity index is 2.36. The van der Waals surface area contributed by atoms with Crippen molar-refractivity contribution in [2.75, 3.05) is 19.6 Å². The molecule has 1 atom stereocenters. The molecule has 3 N–H and O–H groups in total. The summed E-state index contributed by atoms with van der Waals surface area (Å²) in [5.41, 5.74) is 0.585. The second kappa shape index (κ2) is 4.47. The topological polar surface area (TPSA) is 44.3 Å². The van der Waals surface area contributed by atoms with Crippen molar-refractivity contribution in [2.24, 2.45) is 0 Å². The van der Waals surface area contributed by atoms with E-state index in [9.17, 15) is 9.50 Å². The summed E-state index contributed by atoms with van der Waals surface area (Å²) in [4.78, 5) is 0. The Labute approximate surface area is 95.8 Å². The van der Waals surface area contributed by atoms with E-state index in [2.05, 4.69) is 26.6 Å². The lowest BCUT2D eigenvalue weighted by Gasteiger charge is -2.26. The highest BCUT2D eigenvalue weighted by Crippen LogP contribution is 2.33. The van der Waals surface area contributed by atoms with Crippen LogP contribution in [0.5, 0.6) is 5.75 Å². The molecule has 1 aromatic rings. The molecular formula is C10H12BrFN2O. The first-order chi connectivity index (χ1) is 7.20. The predicted octanol–water partition coefficient (Wildman–Crippen LogP) is 1.53. The Morgan fingerprint density at radius 2 is 2.20 bits per heavy atom. The maximum Gasteiger partial charge on any atom is 0.165 e. The van der Waals surface area contributed by atoms with Gasteiger partial charge in [0.2, 0.25) is 0 Å². The highest BCUT2D eigenvalue weighted by atomic mass is 79.9. The molecule has 0 unspecified atom stereocenters. The molecule has 5 heteroatoms. The van der Waals surface area contributed by atoms with Crippen molar-refractivity contribution in [1.29, 1.82) is 0 Å². The number of aromatic hydroxyl groups is 1. The van der Waals surface area contributed by atoms with Crippen molar-refractivity contribution < 1.29 is 9.50 Å². The van der Waals surface area contributed by atoms with Crippen LogP contribution in [0, 0.1) is 5.82 Å². The van der Waals surface area contributed by atoms with Gasteiger partial charge < -0.3 is 15.7 Å². The summed E-state index contributed by atoms with van der Waals surface area (Å²) in [7, 11) is 0. The average Bonchev–Trinajstić information content (AvgIpc) is 2.26. The van der Waals surface area contributed by atoms with Crippen LogP contribution in [-0.2, 0) is 0 Å². The fraction of sp³-hybridized carbons (Fsp3) is 0.400. The van der Waals surface area contributed by atoms with Crippen LogP contribution in [-0.4, -0.2) is 24.7 Å². The minimum atomic E-state index is -0.583. The third-order valence-electron chi connectivity index (χ3n) is 2.50. The van der Waals surface area contributed by atoms with Gasteiger partial charge in [0.25, 0.3) is 0 Å². The molecule has 0 amide bonds. The second-order valence-corrected chi connectivity index (χ2v) is 4.36. The molecule has 0 bridgehead atoms. The van der Waals surface area contributed by atoms with Crippen LogP contribution in [0.15, 0.2) is 16.6 Å². The number of hydrogen-bond acceptors (Lipinski definition) is 3. The van der Waals surface area contributed by atoms with Crippen molar-refractivity contribution >= 4 is 15.9 Å². The molecule has 1 aromatic carbocycles. The van der Waals surface area contributed by atoms with E-state index in [1.807, 2.05) is 0 Å². The molecule has 82 valence electrons. The van der Waals surface area contributed by atoms with Crippen LogP contribution < -0.4 is 10.6 Å². The summed E-state index contributed by atoms with van der Waals surface area (Å²) < 4.78 is 13.9. The molecule has 0 spiro atoms. The fourth-order valence-corrected chi connectivity index (χ4v) is 2.34. The monoisotopic (exact) mass is 274 g/mol. The number of halogens is 2. The average molecular weight is 275 g/mol. The smallest absolute Gasteiger partial charge is 0.165 e. The standard InChI is InChI=1S/C10H12BrFN2O/c11-6-1-2-7(12)10(15)9(6)8-5-13-3-4-14-8/h1-2,8,13-15H,3-5H2/t8-/m0/s1. The van der Waals surface area contributed by atoms with E-state index in [0.29, 0.717) is 12.1 Å². The number of nitrogens with one attached hydrogen (secondary N) is 2. The maximum absolute atomic E-state index is 13.2. The van der Waals surface area contributed by atoms with E-state index in [4.69, 9.17) is 0 Å². The molecule has 2 rings (SSSR count). The molecule has 1 aliphatic heterocycles. The maximum atomic E-state index is 13.2. The highest BCUT2D eigenvalue weighted by molar-refractivity contribution is 9.10. The minimum Gasteiger partial charge on any atom is -0.505 e. The van der Waals surface area contributed by atoms with Gasteiger partial charge in [0, 0.05) is 35.7 Å². The van der Waals surface area contributed by atoms with Crippen LogP contribution in [0.25, 0.3) is 0 Å². The van der Waals surface area contributed by atoms with Crippen LogP contribution >= 0.6 is 15.9 Å². The molecule has 0 aliphatic carbocycles. The van der Waals surface area contributed by atoms with Gasteiger partial charge in [0.1, 0.15) is 0 Å². The molecule has 1 heterocycles. The Bertz CT molecular complexity index is 367. The highest BCUT2D eigenvalue weighted by Gasteiger charge is 2.22. The number of rotatable bonds is 1. The van der Waals surface area contributed by atoms with Crippen molar-refractivity contribution in [2.45, 2.75) is 6.04 Å². The lowest BCUT2D eigenvalue weighted by molar-refractivity contribution is 0.386. The Hall–Kier alpha value is -0.650. The van der Waals surface area contributed by atoms with Crippen LogP contribution in [0.4, 0.5) is 4.39 Å². The molecule has 1 aliphatic rings. The summed E-state index contributed by atoms with van der Waals surface area (Å²) in [6.07, 6.45) is 0. The number of piperazine rings is 1. The third kappa shape index (κ3) is 2.14. The molecular weight excluding hydrogens is 263 g/mol. The Kier molecular flexibility index (Phi) is 3.23. The molecule has 3 nitrogen and oxygen atoms in total. The zero-order chi connectivity index (χ0) is 10.8. The van der Waals surface area contributed by atoms with E-state index >= 15 is 0 Å². The first kappa shape index (κ1) is 10.9. The summed E-state index contributed by atoms with van der Waals surface area (Å²) in [5.74, 6) is -0.855. The summed E-state index contributed by atoms with van der Waals surface area (Å²) in [6.45, 7) is 2.40. The number of benzene rings is 1. The van der Waals surface area contributed by atoms with Gasteiger partial charge in [-0.1, -0.05) is 15.9 Å². The Morgan fingerprint density at radius 3 is 2.87 bits per heavy atom. The van der Waals surface area contributed by atoms with Gasteiger partial charge in [-0.15, -0.1) is 0 Å². The van der Waals surface area contributed by atoms with Gasteiger partial charge in [-0.3, -0.25) is 0 Å². The fourth-order valence-electron chi connectivity index (χ4n) is 1.75. The van der Waals surface area contributed by atoms with E-state index in [0.717, 1.165) is 17.6 Å². The lowest BCUT2D eigenvalue weighted by atomic mass is 10.0. The second-order valence-electron chi connectivity index (χ2n) is 3.50. The largest absolute Gasteiger partial charge is 0.505 e. The van der Waals surface area contributed by atoms with Gasteiger partial charge in [0.15, 0.2) is 11.6 Å². The third-order valence-corrected chi connectivity index (χ3v) is 3.20. The summed E-state index contributed by atoms with van der Waals surface area (Å²) in [6, 6.07) is 2.81. The number of phenolic OH excluding ortho intramolecular Hbond substituents is 1. The van der Waals surface area contributed by atoms with E-state index in [1.54, 1.807) is 6.07 Å². The summed E-state index contributed by atoms with van der Waals surface area (Å²) in [5, 5.41) is 16.1. The van der Waals surface area contributed by atoms with E-state index < -0.39 is 5.82 Å². The first-order valence-electron chi connectivity index (χ1n) is 4.81. The molecule has 1 fully saturated rings. The number of phenols is 1. The normalized spacial score (nSPS) is 21.6. The van der Waals surface area contributed by atoms with E-state index in [1.165, 1.54) is 6.07 Å². The van der Waals surface area contributed by atoms with E-state index in [-0.39, 0.29) is 11.8 Å². The van der Waals surface area contributed by atoms with Gasteiger partial charge in [-0.2, -0.15) is 0 Å². The molecule has 15 heavy (non-hydrogen) atoms. The SMILES string of the molecule is Oc1c(F)ccc(Br)c1[C@@H]1CNCCN1. The van der Waals surface area contributed by atoms with Crippen LogP contribution in [0.1, 0.15) is 11.6 Å². The predicted molar refractivity (Wildman–Crippen MR) is 59.4 cm³/mol. The van der Waals surface area contributed by atoms with Crippen LogP contribution in [0.3, 0.4) is 0 Å². The van der Waals surface area contributed by atoms with Gasteiger partial charge in [0.05, 0.1) is 0 Å². The quantitative estimate of drug-likeness (QED) is 0.728.